The third kappa shape index (κ3) is 4.14. The second-order valence-corrected chi connectivity index (χ2v) is 8.96. The number of benzene rings is 1. The first-order valence-corrected chi connectivity index (χ1v) is 10.3. The molecule has 1 aliphatic rings. The maximum atomic E-state index is 13.5. The maximum Gasteiger partial charge on any atom is 0.127 e. The van der Waals surface area contributed by atoms with E-state index in [0.717, 1.165) is 47.8 Å². The van der Waals surface area contributed by atoms with E-state index >= 15 is 0 Å². The van der Waals surface area contributed by atoms with E-state index in [1.165, 1.54) is 17.8 Å². The van der Waals surface area contributed by atoms with E-state index in [-0.39, 0.29) is 23.8 Å². The van der Waals surface area contributed by atoms with Crippen LogP contribution in [0, 0.1) is 5.82 Å². The molecular formula is C21H26ClFN4S. The molecule has 1 aromatic carbocycles. The topological polar surface area (TPSA) is 42.7 Å². The fourth-order valence-electron chi connectivity index (χ4n) is 3.61. The van der Waals surface area contributed by atoms with Gasteiger partial charge in [0.25, 0.3) is 0 Å². The molecule has 0 bridgehead atoms. The van der Waals surface area contributed by atoms with Gasteiger partial charge in [0.2, 0.25) is 0 Å². The number of hydrogen-bond acceptors (Lipinski definition) is 4. The molecule has 3 heterocycles. The van der Waals surface area contributed by atoms with Gasteiger partial charge in [0.15, 0.2) is 0 Å². The fourth-order valence-corrected chi connectivity index (χ4v) is 4.53. The number of hydrogen-bond donors (Lipinski definition) is 1. The summed E-state index contributed by atoms with van der Waals surface area (Å²) in [5, 5.41) is 11.2. The Morgan fingerprint density at radius 2 is 1.82 bits per heavy atom. The lowest BCUT2D eigenvalue weighted by Crippen LogP contribution is -2.26. The van der Waals surface area contributed by atoms with Crippen LogP contribution in [0.5, 0.6) is 0 Å². The molecule has 3 aromatic rings. The van der Waals surface area contributed by atoms with Gasteiger partial charge in [0, 0.05) is 16.9 Å². The molecule has 1 saturated heterocycles. The summed E-state index contributed by atoms with van der Waals surface area (Å²) in [4.78, 5) is 4.97. The summed E-state index contributed by atoms with van der Waals surface area (Å²) < 4.78 is 15.5. The summed E-state index contributed by atoms with van der Waals surface area (Å²) in [6, 6.07) is 6.64. The minimum Gasteiger partial charge on any atom is -0.317 e. The normalized spacial score (nSPS) is 15.4. The summed E-state index contributed by atoms with van der Waals surface area (Å²) in [7, 11) is 0. The summed E-state index contributed by atoms with van der Waals surface area (Å²) in [6.45, 7) is 8.48. The summed E-state index contributed by atoms with van der Waals surface area (Å²) >= 11 is 1.67. The second kappa shape index (κ2) is 8.31. The first kappa shape index (κ1) is 21.0. The quantitative estimate of drug-likeness (QED) is 0.612. The fraction of sp³-hybridized carbons (Fsp3) is 0.429. The van der Waals surface area contributed by atoms with Crippen LogP contribution in [0.3, 0.4) is 0 Å². The zero-order valence-corrected chi connectivity index (χ0v) is 18.0. The van der Waals surface area contributed by atoms with Gasteiger partial charge < -0.3 is 5.32 Å². The summed E-state index contributed by atoms with van der Waals surface area (Å²) in [5.41, 5.74) is 3.97. The van der Waals surface area contributed by atoms with Crippen molar-refractivity contribution in [1.29, 1.82) is 0 Å². The third-order valence-electron chi connectivity index (χ3n) is 5.03. The molecule has 0 saturated carbocycles. The highest BCUT2D eigenvalue weighted by Crippen LogP contribution is 2.38. The Hall–Kier alpha value is -1.76. The summed E-state index contributed by atoms with van der Waals surface area (Å²) in [5.74, 6) is 0.299. The molecule has 0 unspecified atom stereocenters. The molecule has 1 aliphatic heterocycles. The molecular weight excluding hydrogens is 395 g/mol. The Bertz CT molecular complexity index is 921. The van der Waals surface area contributed by atoms with Crippen LogP contribution in [-0.2, 0) is 5.54 Å². The van der Waals surface area contributed by atoms with Crippen molar-refractivity contribution in [3.05, 3.63) is 47.4 Å². The van der Waals surface area contributed by atoms with Crippen LogP contribution in [0.1, 0.15) is 45.2 Å². The van der Waals surface area contributed by atoms with E-state index < -0.39 is 0 Å². The van der Waals surface area contributed by atoms with Gasteiger partial charge in [0.1, 0.15) is 10.8 Å². The minimum atomic E-state index is -0.232. The van der Waals surface area contributed by atoms with E-state index in [0.29, 0.717) is 5.92 Å². The lowest BCUT2D eigenvalue weighted by atomic mass is 9.95. The van der Waals surface area contributed by atoms with Crippen molar-refractivity contribution < 1.29 is 4.39 Å². The van der Waals surface area contributed by atoms with Gasteiger partial charge in [0.05, 0.1) is 28.7 Å². The summed E-state index contributed by atoms with van der Waals surface area (Å²) in [6.07, 6.45) is 4.17. The van der Waals surface area contributed by atoms with Crippen LogP contribution in [0.15, 0.2) is 35.8 Å². The Kier molecular flexibility index (Phi) is 6.22. The van der Waals surface area contributed by atoms with Gasteiger partial charge >= 0.3 is 0 Å². The smallest absolute Gasteiger partial charge is 0.127 e. The van der Waals surface area contributed by atoms with Gasteiger partial charge in [-0.3, -0.25) is 4.68 Å². The number of thiazole rings is 1. The van der Waals surface area contributed by atoms with Crippen LogP contribution in [0.2, 0.25) is 0 Å². The molecule has 7 heteroatoms. The van der Waals surface area contributed by atoms with Gasteiger partial charge in [-0.25, -0.2) is 9.37 Å². The van der Waals surface area contributed by atoms with E-state index in [1.54, 1.807) is 11.3 Å². The Morgan fingerprint density at radius 1 is 1.14 bits per heavy atom. The number of rotatable bonds is 3. The molecule has 0 spiro atoms. The molecule has 0 radical (unpaired) electrons. The van der Waals surface area contributed by atoms with E-state index in [4.69, 9.17) is 4.98 Å². The third-order valence-corrected chi connectivity index (χ3v) is 5.93. The van der Waals surface area contributed by atoms with Crippen molar-refractivity contribution in [2.24, 2.45) is 0 Å². The molecule has 1 N–H and O–H groups in total. The highest BCUT2D eigenvalue weighted by atomic mass is 35.5. The number of halogens is 2. The van der Waals surface area contributed by atoms with Crippen molar-refractivity contribution in [2.75, 3.05) is 13.1 Å². The van der Waals surface area contributed by atoms with Crippen LogP contribution >= 0.6 is 23.7 Å². The zero-order valence-electron chi connectivity index (χ0n) is 16.4. The SMILES string of the molecule is CC(C)(C)n1ncc(-c2nc(C3CCNCC3)cs2)c1-c1ccc(F)cc1.Cl. The van der Waals surface area contributed by atoms with Crippen molar-refractivity contribution in [3.63, 3.8) is 0 Å². The van der Waals surface area contributed by atoms with Crippen LogP contribution in [0.25, 0.3) is 21.8 Å². The molecule has 28 heavy (non-hydrogen) atoms. The standard InChI is InChI=1S/C21H25FN4S.ClH/c1-21(2,3)26-19(15-4-6-16(22)7-5-15)17(12-24-26)20-25-18(13-27-20)14-8-10-23-11-9-14;/h4-7,12-14,23H,8-11H2,1-3H3;1H. The molecule has 1 fully saturated rings. The van der Waals surface area contributed by atoms with Gasteiger partial charge in [-0.15, -0.1) is 23.7 Å². The van der Waals surface area contributed by atoms with Crippen molar-refractivity contribution >= 4 is 23.7 Å². The molecule has 150 valence electrons. The Morgan fingerprint density at radius 3 is 2.46 bits per heavy atom. The largest absolute Gasteiger partial charge is 0.317 e. The molecule has 4 rings (SSSR count). The number of nitrogens with one attached hydrogen (secondary N) is 1. The van der Waals surface area contributed by atoms with Crippen molar-refractivity contribution in [1.82, 2.24) is 20.1 Å². The first-order chi connectivity index (χ1) is 12.9. The molecule has 0 atom stereocenters. The monoisotopic (exact) mass is 420 g/mol. The first-order valence-electron chi connectivity index (χ1n) is 9.44. The van der Waals surface area contributed by atoms with Crippen molar-refractivity contribution in [3.8, 4) is 21.8 Å². The van der Waals surface area contributed by atoms with E-state index in [1.807, 2.05) is 23.0 Å². The highest BCUT2D eigenvalue weighted by molar-refractivity contribution is 7.13. The predicted octanol–water partition coefficient (Wildman–Crippen LogP) is 5.46. The van der Waals surface area contributed by atoms with Gasteiger partial charge in [-0.05, 0) is 71.0 Å². The van der Waals surface area contributed by atoms with Gasteiger partial charge in [-0.2, -0.15) is 5.10 Å². The van der Waals surface area contributed by atoms with Crippen LogP contribution in [-0.4, -0.2) is 27.9 Å². The minimum absolute atomic E-state index is 0. The van der Waals surface area contributed by atoms with Crippen LogP contribution in [0.4, 0.5) is 4.39 Å². The van der Waals surface area contributed by atoms with Crippen molar-refractivity contribution in [2.45, 2.75) is 45.1 Å². The maximum absolute atomic E-state index is 13.5. The molecule has 4 nitrogen and oxygen atoms in total. The molecule has 0 amide bonds. The molecule has 0 aliphatic carbocycles. The average Bonchev–Trinajstić information content (AvgIpc) is 3.30. The Balaban J connectivity index is 0.00000225. The second-order valence-electron chi connectivity index (χ2n) is 8.10. The number of piperidine rings is 1. The number of nitrogens with zero attached hydrogens (tertiary/aromatic N) is 3. The van der Waals surface area contributed by atoms with Gasteiger partial charge in [-0.1, -0.05) is 0 Å². The number of aromatic nitrogens is 3. The lowest BCUT2D eigenvalue weighted by Gasteiger charge is -2.23. The average molecular weight is 421 g/mol. The van der Waals surface area contributed by atoms with Crippen LogP contribution < -0.4 is 5.32 Å². The lowest BCUT2D eigenvalue weighted by molar-refractivity contribution is 0.360. The molecule has 2 aromatic heterocycles. The Labute approximate surface area is 175 Å². The van der Waals surface area contributed by atoms with E-state index in [2.05, 4.69) is 36.6 Å². The predicted molar refractivity (Wildman–Crippen MR) is 116 cm³/mol. The zero-order chi connectivity index (χ0) is 19.0. The van der Waals surface area contributed by atoms with E-state index in [9.17, 15) is 4.39 Å². The highest BCUT2D eigenvalue weighted by Gasteiger charge is 2.25.